The Balaban J connectivity index is 2.20. The van der Waals surface area contributed by atoms with Crippen LogP contribution in [-0.2, 0) is 7.05 Å². The molecule has 0 amide bonds. The average Bonchev–Trinajstić information content (AvgIpc) is 2.94. The minimum atomic E-state index is 0.602. The van der Waals surface area contributed by atoms with Crippen molar-refractivity contribution < 1.29 is 8.98 Å². The number of aryl methyl sites for hydroxylation is 3. The van der Waals surface area contributed by atoms with E-state index in [9.17, 15) is 0 Å². The molecule has 0 saturated heterocycles. The maximum absolute atomic E-state index is 7.50. The largest absolute Gasteiger partial charge is 0.466 e. The summed E-state index contributed by atoms with van der Waals surface area (Å²) in [6, 6.07) is 14.4. The number of rotatable bonds is 1. The lowest BCUT2D eigenvalue weighted by molar-refractivity contribution is -0.660. The van der Waals surface area contributed by atoms with Gasteiger partial charge in [-0.05, 0) is 31.0 Å². The molecule has 0 radical (unpaired) electrons. The zero-order valence-corrected chi connectivity index (χ0v) is 13.9. The van der Waals surface area contributed by atoms with Gasteiger partial charge in [-0.15, -0.1) is 0 Å². The predicted octanol–water partition coefficient (Wildman–Crippen LogP) is 5.25. The van der Waals surface area contributed by atoms with Gasteiger partial charge in [-0.3, -0.25) is 0 Å². The van der Waals surface area contributed by atoms with Gasteiger partial charge >= 0.3 is 0 Å². The minimum Gasteiger partial charge on any atom is -0.466 e. The maximum Gasteiger partial charge on any atom is 0.232 e. The Morgan fingerprint density at radius 3 is 2.33 bits per heavy atom. The molecule has 0 aliphatic rings. The second-order valence-electron chi connectivity index (χ2n) is 6.15. The highest BCUT2D eigenvalue weighted by Crippen LogP contribution is 2.41. The summed E-state index contributed by atoms with van der Waals surface area (Å²) in [4.78, 5) is 3.69. The number of nitrogens with zero attached hydrogens (tertiary/aromatic N) is 2. The quantitative estimate of drug-likeness (QED) is 0.347. The SMILES string of the molecule is [C-]#[N+]c1c(C)ccc2c1oc1c(-c3cccc[n+]3C)c(C)ccc12. The van der Waals surface area contributed by atoms with Crippen LogP contribution in [0.3, 0.4) is 0 Å². The van der Waals surface area contributed by atoms with Crippen LogP contribution >= 0.6 is 0 Å². The van der Waals surface area contributed by atoms with E-state index >= 15 is 0 Å². The molecule has 4 aromatic rings. The Morgan fingerprint density at radius 2 is 1.62 bits per heavy atom. The zero-order chi connectivity index (χ0) is 16.8. The molecule has 0 atom stereocenters. The van der Waals surface area contributed by atoms with Crippen molar-refractivity contribution in [2.24, 2.45) is 7.05 Å². The highest BCUT2D eigenvalue weighted by Gasteiger charge is 2.21. The predicted molar refractivity (Wildman–Crippen MR) is 96.1 cm³/mol. The van der Waals surface area contributed by atoms with Gasteiger partial charge in [-0.1, -0.05) is 24.3 Å². The molecule has 3 nitrogen and oxygen atoms in total. The first-order valence-corrected chi connectivity index (χ1v) is 7.89. The molecule has 0 spiro atoms. The first kappa shape index (κ1) is 14.5. The van der Waals surface area contributed by atoms with Crippen molar-refractivity contribution in [1.29, 1.82) is 0 Å². The lowest BCUT2D eigenvalue weighted by Crippen LogP contribution is -2.30. The van der Waals surface area contributed by atoms with Crippen LogP contribution in [0.2, 0.25) is 0 Å². The number of hydrogen-bond donors (Lipinski definition) is 0. The van der Waals surface area contributed by atoms with Gasteiger partial charge in [0.15, 0.2) is 6.20 Å². The number of benzene rings is 2. The molecule has 0 saturated carbocycles. The van der Waals surface area contributed by atoms with Crippen LogP contribution in [0.5, 0.6) is 0 Å². The third kappa shape index (κ3) is 1.93. The van der Waals surface area contributed by atoms with E-state index in [1.165, 1.54) is 0 Å². The van der Waals surface area contributed by atoms with Crippen molar-refractivity contribution >= 4 is 27.6 Å². The molecule has 0 aliphatic heterocycles. The second kappa shape index (κ2) is 5.21. The Morgan fingerprint density at radius 1 is 0.917 bits per heavy atom. The number of fused-ring (bicyclic) bond motifs is 3. The summed E-state index contributed by atoms with van der Waals surface area (Å²) in [6.07, 6.45) is 2.03. The summed E-state index contributed by atoms with van der Waals surface area (Å²) in [5.41, 5.74) is 6.42. The molecular formula is C21H17N2O+. The van der Waals surface area contributed by atoms with E-state index in [1.807, 2.05) is 38.4 Å². The van der Waals surface area contributed by atoms with Crippen LogP contribution in [0, 0.1) is 20.4 Å². The maximum atomic E-state index is 7.50. The molecule has 2 heterocycles. The lowest BCUT2D eigenvalue weighted by atomic mass is 10.0. The van der Waals surface area contributed by atoms with Crippen LogP contribution in [0.4, 0.5) is 5.69 Å². The van der Waals surface area contributed by atoms with E-state index in [2.05, 4.69) is 40.6 Å². The Labute approximate surface area is 140 Å². The molecule has 0 unspecified atom stereocenters. The number of aromatic nitrogens is 1. The van der Waals surface area contributed by atoms with Gasteiger partial charge in [0.1, 0.15) is 18.2 Å². The number of pyridine rings is 1. The molecule has 0 N–H and O–H groups in total. The molecule has 0 aliphatic carbocycles. The minimum absolute atomic E-state index is 0.602. The third-order valence-corrected chi connectivity index (χ3v) is 4.62. The van der Waals surface area contributed by atoms with Crippen LogP contribution in [-0.4, -0.2) is 0 Å². The summed E-state index contributed by atoms with van der Waals surface area (Å²) < 4.78 is 8.34. The van der Waals surface area contributed by atoms with Gasteiger partial charge in [0, 0.05) is 22.9 Å². The average molecular weight is 313 g/mol. The van der Waals surface area contributed by atoms with Crippen molar-refractivity contribution in [3.8, 4) is 11.3 Å². The highest BCUT2D eigenvalue weighted by molar-refractivity contribution is 6.13. The number of furan rings is 1. The second-order valence-corrected chi connectivity index (χ2v) is 6.15. The lowest BCUT2D eigenvalue weighted by Gasteiger charge is -2.05. The van der Waals surface area contributed by atoms with Gasteiger partial charge in [-0.2, -0.15) is 0 Å². The third-order valence-electron chi connectivity index (χ3n) is 4.62. The molecule has 0 fully saturated rings. The molecule has 4 rings (SSSR count). The Hall–Kier alpha value is -3.12. The van der Waals surface area contributed by atoms with E-state index in [-0.39, 0.29) is 0 Å². The van der Waals surface area contributed by atoms with Gasteiger partial charge in [-0.25, -0.2) is 9.41 Å². The Kier molecular flexibility index (Phi) is 3.14. The van der Waals surface area contributed by atoms with E-state index in [4.69, 9.17) is 11.0 Å². The van der Waals surface area contributed by atoms with Crippen LogP contribution in [0.1, 0.15) is 11.1 Å². The fraction of sp³-hybridized carbons (Fsp3) is 0.143. The first-order valence-electron chi connectivity index (χ1n) is 7.89. The molecule has 2 aromatic carbocycles. The van der Waals surface area contributed by atoms with Gasteiger partial charge in [0.05, 0.1) is 12.1 Å². The summed E-state index contributed by atoms with van der Waals surface area (Å²) in [5, 5.41) is 2.06. The molecular weight excluding hydrogens is 296 g/mol. The van der Waals surface area contributed by atoms with Crippen LogP contribution in [0.25, 0.3) is 38.0 Å². The van der Waals surface area contributed by atoms with Crippen molar-refractivity contribution in [3.05, 3.63) is 71.2 Å². The summed E-state index contributed by atoms with van der Waals surface area (Å²) in [7, 11) is 2.03. The zero-order valence-electron chi connectivity index (χ0n) is 13.9. The van der Waals surface area contributed by atoms with Crippen molar-refractivity contribution in [3.63, 3.8) is 0 Å². The van der Waals surface area contributed by atoms with E-state index in [0.717, 1.165) is 38.7 Å². The smallest absolute Gasteiger partial charge is 0.232 e. The van der Waals surface area contributed by atoms with E-state index in [1.54, 1.807) is 0 Å². The fourth-order valence-electron chi connectivity index (χ4n) is 3.33. The number of hydrogen-bond acceptors (Lipinski definition) is 1. The molecule has 3 heteroatoms. The normalized spacial score (nSPS) is 11.1. The highest BCUT2D eigenvalue weighted by atomic mass is 16.3. The first-order chi connectivity index (χ1) is 11.6. The van der Waals surface area contributed by atoms with Crippen LogP contribution in [0.15, 0.2) is 53.1 Å². The topological polar surface area (TPSA) is 21.4 Å². The molecule has 24 heavy (non-hydrogen) atoms. The van der Waals surface area contributed by atoms with Gasteiger partial charge < -0.3 is 4.42 Å². The van der Waals surface area contributed by atoms with Crippen molar-refractivity contribution in [2.45, 2.75) is 13.8 Å². The van der Waals surface area contributed by atoms with E-state index in [0.29, 0.717) is 11.3 Å². The molecule has 0 bridgehead atoms. The monoisotopic (exact) mass is 313 g/mol. The molecule has 116 valence electrons. The van der Waals surface area contributed by atoms with Gasteiger partial charge in [0.25, 0.3) is 0 Å². The van der Waals surface area contributed by atoms with Crippen molar-refractivity contribution in [1.82, 2.24) is 0 Å². The van der Waals surface area contributed by atoms with Crippen LogP contribution < -0.4 is 4.57 Å². The Bertz CT molecular complexity index is 1150. The summed E-state index contributed by atoms with van der Waals surface area (Å²) >= 11 is 0. The summed E-state index contributed by atoms with van der Waals surface area (Å²) in [6.45, 7) is 11.5. The standard InChI is InChI=1S/C21H17N2O/c1-13-8-10-15-16-11-9-14(2)19(22-3)21(16)24-20(15)18(13)17-7-5-6-12-23(17)4/h5-12H,1-2,4H3/q+1. The van der Waals surface area contributed by atoms with Gasteiger partial charge in [0.2, 0.25) is 11.4 Å². The summed E-state index contributed by atoms with van der Waals surface area (Å²) in [5.74, 6) is 0. The van der Waals surface area contributed by atoms with E-state index < -0.39 is 0 Å². The molecule has 2 aromatic heterocycles. The fourth-order valence-corrected chi connectivity index (χ4v) is 3.33. The van der Waals surface area contributed by atoms with Crippen molar-refractivity contribution in [2.75, 3.05) is 0 Å².